The molecule has 57 heavy (non-hydrogen) atoms. The van der Waals surface area contributed by atoms with Crippen LogP contribution in [0.15, 0.2) is 24.3 Å². The van der Waals surface area contributed by atoms with E-state index in [2.05, 4.69) is 13.2 Å². The fourth-order valence-electron chi connectivity index (χ4n) is 5.86. The summed E-state index contributed by atoms with van der Waals surface area (Å²) in [4.78, 5) is 25.6. The van der Waals surface area contributed by atoms with Gasteiger partial charge in [0.15, 0.2) is 23.0 Å². The molecule has 0 radical (unpaired) electrons. The van der Waals surface area contributed by atoms with Crippen molar-refractivity contribution in [1.29, 1.82) is 0 Å². The second kappa shape index (κ2) is 22.6. The van der Waals surface area contributed by atoms with Crippen LogP contribution in [0.5, 0.6) is 57.5 Å². The maximum atomic E-state index is 12.8. The van der Waals surface area contributed by atoms with Crippen molar-refractivity contribution in [3.05, 3.63) is 35.4 Å². The van der Waals surface area contributed by atoms with E-state index in [1.165, 1.54) is 13.8 Å². The molecule has 2 aromatic carbocycles. The zero-order valence-electron chi connectivity index (χ0n) is 36.4. The number of carbonyl (C=O) groups excluding carboxylic acids is 2. The molecule has 0 saturated carbocycles. The highest BCUT2D eigenvalue weighted by Gasteiger charge is 2.46. The highest BCUT2D eigenvalue weighted by molar-refractivity contribution is 5.87. The summed E-state index contributed by atoms with van der Waals surface area (Å²) in [5.74, 6) is 0.636. The van der Waals surface area contributed by atoms with Gasteiger partial charge in [-0.15, -0.1) is 0 Å². The van der Waals surface area contributed by atoms with Crippen molar-refractivity contribution in [3.63, 3.8) is 0 Å². The van der Waals surface area contributed by atoms with E-state index in [-0.39, 0.29) is 121 Å². The highest BCUT2D eigenvalue weighted by Crippen LogP contribution is 2.64. The largest absolute Gasteiger partial charge is 0.489 e. The normalized spacial score (nSPS) is 12.0. The first-order chi connectivity index (χ1) is 27.1. The number of esters is 2. The Balaban J connectivity index is 3.50. The SMILES string of the molecule is C=C(C)C(=O)OC(C)Oc1c(OCC)c(OCC)c(OCC)c(OCC)c1C(C)(C)c1c(OCC)c(OCC)c(OCC)c(OCC)c1OC(C)OC(=O)C(=C)C. The monoisotopic (exact) mass is 804 g/mol. The fraction of sp³-hybridized carbons (Fsp3) is 0.581. The van der Waals surface area contributed by atoms with Crippen LogP contribution in [-0.4, -0.2) is 77.4 Å². The van der Waals surface area contributed by atoms with Crippen LogP contribution < -0.4 is 47.4 Å². The summed E-state index contributed by atoms with van der Waals surface area (Å²) in [7, 11) is 0. The van der Waals surface area contributed by atoms with E-state index in [4.69, 9.17) is 56.8 Å². The van der Waals surface area contributed by atoms with E-state index in [1.54, 1.807) is 13.8 Å². The molecular weight excluding hydrogens is 740 g/mol. The van der Waals surface area contributed by atoms with Crippen LogP contribution in [0.4, 0.5) is 0 Å². The standard InChI is InChI=1S/C43H64O14/c1-17-46-31-29(33(54-27(13)56-41(44)25(9)10)37(50-21-5)39(52-23-7)35(31)48-19-3)43(15,16)30-32(47-18-2)36(49-20-4)40(53-24-8)38(51-22-6)34(30)55-28(14)57-42(45)26(11)12/h27-28H,9,11,17-24H2,1-8,10,12-16H3. The molecule has 0 aliphatic rings. The van der Waals surface area contributed by atoms with Gasteiger partial charge in [0.05, 0.1) is 64.0 Å². The molecular formula is C43H64O14. The Kier molecular flexibility index (Phi) is 19.0. The maximum Gasteiger partial charge on any atom is 0.336 e. The van der Waals surface area contributed by atoms with Crippen molar-refractivity contribution in [2.45, 2.75) is 115 Å². The number of rotatable bonds is 26. The Morgan fingerprint density at radius 3 is 0.877 bits per heavy atom. The van der Waals surface area contributed by atoms with Crippen molar-refractivity contribution in [3.8, 4) is 57.5 Å². The van der Waals surface area contributed by atoms with Crippen molar-refractivity contribution >= 4 is 11.9 Å². The van der Waals surface area contributed by atoms with E-state index < -0.39 is 29.9 Å². The second-order valence-corrected chi connectivity index (χ2v) is 12.9. The minimum atomic E-state index is -1.33. The second-order valence-electron chi connectivity index (χ2n) is 12.9. The van der Waals surface area contributed by atoms with Crippen LogP contribution in [0.2, 0.25) is 0 Å². The van der Waals surface area contributed by atoms with Gasteiger partial charge in [-0.25, -0.2) is 9.59 Å². The molecule has 2 atom stereocenters. The Hall–Kier alpha value is -5.14. The molecule has 2 unspecified atom stereocenters. The van der Waals surface area contributed by atoms with E-state index in [0.29, 0.717) is 11.1 Å². The topological polar surface area (TPSA) is 145 Å². The molecule has 0 fully saturated rings. The summed E-state index contributed by atoms with van der Waals surface area (Å²) in [6, 6.07) is 0. The van der Waals surface area contributed by atoms with Gasteiger partial charge in [-0.3, -0.25) is 0 Å². The minimum absolute atomic E-state index is 0.110. The zero-order valence-corrected chi connectivity index (χ0v) is 36.4. The summed E-state index contributed by atoms with van der Waals surface area (Å²) in [6.07, 6.45) is -2.35. The lowest BCUT2D eigenvalue weighted by Gasteiger charge is -2.37. The van der Waals surface area contributed by atoms with Crippen molar-refractivity contribution in [2.75, 3.05) is 52.9 Å². The Bertz CT molecular complexity index is 1570. The molecule has 0 N–H and O–H groups in total. The molecule has 0 amide bonds. The third kappa shape index (κ3) is 11.5. The number of ether oxygens (including phenoxy) is 12. The maximum absolute atomic E-state index is 12.8. The summed E-state index contributed by atoms with van der Waals surface area (Å²) in [5.41, 5.74) is -0.244. The van der Waals surface area contributed by atoms with Gasteiger partial charge in [0.25, 0.3) is 0 Å². The Morgan fingerprint density at radius 1 is 0.439 bits per heavy atom. The number of benzene rings is 2. The summed E-state index contributed by atoms with van der Waals surface area (Å²) < 4.78 is 75.3. The van der Waals surface area contributed by atoms with E-state index in [0.717, 1.165) is 0 Å². The Labute approximate surface area is 338 Å². The van der Waals surface area contributed by atoms with Gasteiger partial charge in [0.1, 0.15) is 0 Å². The molecule has 14 nitrogen and oxygen atoms in total. The summed E-state index contributed by atoms with van der Waals surface area (Å²) in [6.45, 7) is 33.7. The molecule has 0 aliphatic heterocycles. The van der Waals surface area contributed by atoms with Gasteiger partial charge >= 0.3 is 11.9 Å². The predicted molar refractivity (Wildman–Crippen MR) is 216 cm³/mol. The molecule has 2 rings (SSSR count). The van der Waals surface area contributed by atoms with Crippen LogP contribution in [0.25, 0.3) is 0 Å². The molecule has 0 aromatic heterocycles. The molecule has 2 aromatic rings. The molecule has 0 bridgehead atoms. The lowest BCUT2D eigenvalue weighted by Crippen LogP contribution is -2.29. The first kappa shape index (κ1) is 48.0. The molecule has 320 valence electrons. The molecule has 0 spiro atoms. The van der Waals surface area contributed by atoms with Gasteiger partial charge in [-0.2, -0.15) is 0 Å². The van der Waals surface area contributed by atoms with Gasteiger partial charge in [-0.05, 0) is 69.2 Å². The van der Waals surface area contributed by atoms with Gasteiger partial charge in [0, 0.05) is 30.4 Å². The lowest BCUT2D eigenvalue weighted by molar-refractivity contribution is -0.157. The van der Waals surface area contributed by atoms with Gasteiger partial charge in [0.2, 0.25) is 47.1 Å². The van der Waals surface area contributed by atoms with Crippen molar-refractivity contribution in [1.82, 2.24) is 0 Å². The van der Waals surface area contributed by atoms with Crippen LogP contribution >= 0.6 is 0 Å². The molecule has 0 saturated heterocycles. The first-order valence-electron chi connectivity index (χ1n) is 19.6. The molecule has 14 heteroatoms. The van der Waals surface area contributed by atoms with E-state index in [9.17, 15) is 9.59 Å². The fourth-order valence-corrected chi connectivity index (χ4v) is 5.86. The van der Waals surface area contributed by atoms with E-state index in [1.807, 2.05) is 69.2 Å². The summed E-state index contributed by atoms with van der Waals surface area (Å²) in [5, 5.41) is 0. The lowest BCUT2D eigenvalue weighted by atomic mass is 9.75. The quantitative estimate of drug-likeness (QED) is 0.0507. The number of hydrogen-bond donors (Lipinski definition) is 0. The molecule has 0 aliphatic carbocycles. The smallest absolute Gasteiger partial charge is 0.336 e. The highest BCUT2D eigenvalue weighted by atomic mass is 16.7. The summed E-state index contributed by atoms with van der Waals surface area (Å²) >= 11 is 0. The zero-order chi connectivity index (χ0) is 43.0. The average molecular weight is 805 g/mol. The number of carbonyl (C=O) groups is 2. The predicted octanol–water partition coefficient (Wildman–Crippen LogP) is 8.89. The van der Waals surface area contributed by atoms with Crippen LogP contribution in [0.3, 0.4) is 0 Å². The average Bonchev–Trinajstić information content (AvgIpc) is 3.13. The Morgan fingerprint density at radius 2 is 0.649 bits per heavy atom. The van der Waals surface area contributed by atoms with Crippen LogP contribution in [0, 0.1) is 0 Å². The van der Waals surface area contributed by atoms with Crippen molar-refractivity contribution < 1.29 is 66.4 Å². The van der Waals surface area contributed by atoms with Crippen LogP contribution in [-0.2, 0) is 24.5 Å². The van der Waals surface area contributed by atoms with Crippen LogP contribution in [0.1, 0.15) is 108 Å². The molecule has 0 heterocycles. The third-order valence-electron chi connectivity index (χ3n) is 7.93. The first-order valence-corrected chi connectivity index (χ1v) is 19.6. The van der Waals surface area contributed by atoms with Gasteiger partial charge < -0.3 is 56.8 Å². The van der Waals surface area contributed by atoms with Crippen molar-refractivity contribution in [2.24, 2.45) is 0 Å². The van der Waals surface area contributed by atoms with E-state index >= 15 is 0 Å². The van der Waals surface area contributed by atoms with Gasteiger partial charge in [-0.1, -0.05) is 27.0 Å². The number of hydrogen-bond acceptors (Lipinski definition) is 14. The third-order valence-corrected chi connectivity index (χ3v) is 7.93. The minimum Gasteiger partial charge on any atom is -0.489 e.